The molecule has 128 valence electrons. The van der Waals surface area contributed by atoms with Crippen molar-refractivity contribution in [3.63, 3.8) is 0 Å². The Morgan fingerprint density at radius 2 is 1.81 bits per heavy atom. The zero-order valence-corrected chi connectivity index (χ0v) is 15.4. The van der Waals surface area contributed by atoms with Gasteiger partial charge in [0.2, 0.25) is 0 Å². The van der Waals surface area contributed by atoms with E-state index in [-0.39, 0.29) is 0 Å². The molecule has 1 aliphatic rings. The van der Waals surface area contributed by atoms with Gasteiger partial charge < -0.3 is 9.73 Å². The van der Waals surface area contributed by atoms with Gasteiger partial charge in [0.15, 0.2) is 0 Å². The number of nitrogens with zero attached hydrogens (tertiary/aromatic N) is 1. The van der Waals surface area contributed by atoms with E-state index in [0.29, 0.717) is 0 Å². The molecule has 1 aliphatic heterocycles. The Labute approximate surface area is 159 Å². The summed E-state index contributed by atoms with van der Waals surface area (Å²) in [5.41, 5.74) is 4.14. The summed E-state index contributed by atoms with van der Waals surface area (Å²) in [6.45, 7) is 1.69. The van der Waals surface area contributed by atoms with E-state index in [1.165, 1.54) is 0 Å². The van der Waals surface area contributed by atoms with Crippen molar-refractivity contribution in [3.05, 3.63) is 70.6 Å². The van der Waals surface area contributed by atoms with Crippen LogP contribution in [0.15, 0.2) is 70.1 Å². The smallest absolute Gasteiger partial charge is 0.136 e. The first kappa shape index (κ1) is 15.7. The summed E-state index contributed by atoms with van der Waals surface area (Å²) in [7, 11) is 0. The van der Waals surface area contributed by atoms with Crippen molar-refractivity contribution >= 4 is 39.7 Å². The quantitative estimate of drug-likeness (QED) is 0.487. The highest BCUT2D eigenvalue weighted by Crippen LogP contribution is 2.39. The number of nitrogens with one attached hydrogen (secondary N) is 1. The number of hydrogen-bond donors (Lipinski definition) is 1. The molecular weight excluding hydrogens is 364 g/mol. The summed E-state index contributed by atoms with van der Waals surface area (Å²) in [5.74, 6) is 1.79. The summed E-state index contributed by atoms with van der Waals surface area (Å²) < 4.78 is 7.00. The minimum Gasteiger partial charge on any atom is -0.456 e. The lowest BCUT2D eigenvalue weighted by atomic mass is 10.0. The number of halogens is 1. The van der Waals surface area contributed by atoms with Crippen molar-refractivity contribution in [2.24, 2.45) is 4.99 Å². The van der Waals surface area contributed by atoms with Crippen LogP contribution in [-0.4, -0.2) is 18.9 Å². The molecule has 0 radical (unpaired) electrons. The molecule has 0 atom stereocenters. The fourth-order valence-corrected chi connectivity index (χ4v) is 4.43. The molecular formula is C21H15ClN2OS. The number of amidine groups is 1. The van der Waals surface area contributed by atoms with Gasteiger partial charge in [-0.05, 0) is 24.3 Å². The lowest BCUT2D eigenvalue weighted by Gasteiger charge is -2.07. The van der Waals surface area contributed by atoms with Gasteiger partial charge in [-0.3, -0.25) is 4.99 Å². The van der Waals surface area contributed by atoms with E-state index in [0.717, 1.165) is 61.6 Å². The highest BCUT2D eigenvalue weighted by atomic mass is 35.5. The third-order valence-electron chi connectivity index (χ3n) is 4.52. The number of aliphatic imine (C=N–C) groups is 1. The monoisotopic (exact) mass is 378 g/mol. The van der Waals surface area contributed by atoms with Gasteiger partial charge in [0.25, 0.3) is 0 Å². The second kappa shape index (κ2) is 6.31. The van der Waals surface area contributed by atoms with Crippen LogP contribution in [0, 0.1) is 0 Å². The number of furan rings is 1. The molecule has 4 aromatic rings. The van der Waals surface area contributed by atoms with Crippen LogP contribution in [0.2, 0.25) is 4.34 Å². The van der Waals surface area contributed by atoms with Gasteiger partial charge in [-0.1, -0.05) is 48.0 Å². The highest BCUT2D eigenvalue weighted by molar-refractivity contribution is 7.19. The molecule has 0 saturated carbocycles. The molecule has 0 spiro atoms. The molecule has 3 heterocycles. The van der Waals surface area contributed by atoms with Gasteiger partial charge in [0, 0.05) is 33.5 Å². The number of fused-ring (bicyclic) bond motifs is 1. The topological polar surface area (TPSA) is 37.5 Å². The highest BCUT2D eigenvalue weighted by Gasteiger charge is 2.17. The number of benzene rings is 2. The first-order chi connectivity index (χ1) is 12.8. The SMILES string of the molecule is Clc1ccc(-c2cccc3oc(-c4ccccc4C4=NCCN4)cc23)s1. The van der Waals surface area contributed by atoms with Gasteiger partial charge >= 0.3 is 0 Å². The number of hydrogen-bond acceptors (Lipinski definition) is 4. The summed E-state index contributed by atoms with van der Waals surface area (Å²) in [6, 6.07) is 20.5. The van der Waals surface area contributed by atoms with Crippen molar-refractivity contribution in [3.8, 4) is 21.8 Å². The van der Waals surface area contributed by atoms with Crippen LogP contribution in [-0.2, 0) is 0 Å². The van der Waals surface area contributed by atoms with Crippen LogP contribution in [0.1, 0.15) is 5.56 Å². The molecule has 2 aromatic heterocycles. The van der Waals surface area contributed by atoms with Crippen molar-refractivity contribution in [1.29, 1.82) is 0 Å². The second-order valence-corrected chi connectivity index (χ2v) is 7.85. The molecule has 0 saturated heterocycles. The van der Waals surface area contributed by atoms with Crippen LogP contribution in [0.4, 0.5) is 0 Å². The standard InChI is InChI=1S/C21H15ClN2OS/c22-20-9-8-19(26-20)14-6-3-7-17-16(14)12-18(25-17)13-4-1-2-5-15(13)21-23-10-11-24-21/h1-9,12H,10-11H2,(H,23,24). The minimum absolute atomic E-state index is 0.788. The molecule has 0 aliphatic carbocycles. The predicted molar refractivity (Wildman–Crippen MR) is 109 cm³/mol. The van der Waals surface area contributed by atoms with Gasteiger partial charge in [0.1, 0.15) is 17.2 Å². The molecule has 3 nitrogen and oxygen atoms in total. The van der Waals surface area contributed by atoms with Crippen molar-refractivity contribution in [2.75, 3.05) is 13.1 Å². The summed E-state index contributed by atoms with van der Waals surface area (Å²) in [4.78, 5) is 5.71. The molecule has 0 fully saturated rings. The van der Waals surface area contributed by atoms with E-state index in [1.54, 1.807) is 11.3 Å². The molecule has 0 unspecified atom stereocenters. The first-order valence-corrected chi connectivity index (χ1v) is 9.65. The van der Waals surface area contributed by atoms with E-state index in [4.69, 9.17) is 16.0 Å². The van der Waals surface area contributed by atoms with Gasteiger partial charge in [-0.15, -0.1) is 11.3 Å². The van der Waals surface area contributed by atoms with Gasteiger partial charge in [-0.25, -0.2) is 0 Å². The Balaban J connectivity index is 1.68. The third kappa shape index (κ3) is 2.62. The maximum atomic E-state index is 6.21. The lowest BCUT2D eigenvalue weighted by molar-refractivity contribution is 0.631. The van der Waals surface area contributed by atoms with Crippen LogP contribution in [0.5, 0.6) is 0 Å². The van der Waals surface area contributed by atoms with Gasteiger partial charge in [-0.2, -0.15) is 0 Å². The zero-order valence-electron chi connectivity index (χ0n) is 13.8. The van der Waals surface area contributed by atoms with E-state index in [9.17, 15) is 0 Å². The Hall–Kier alpha value is -2.56. The summed E-state index contributed by atoms with van der Waals surface area (Å²) in [5, 5.41) is 4.45. The predicted octanol–water partition coefficient (Wildman–Crippen LogP) is 5.83. The van der Waals surface area contributed by atoms with Gasteiger partial charge in [0.05, 0.1) is 10.9 Å². The number of thiophene rings is 1. The summed E-state index contributed by atoms with van der Waals surface area (Å²) in [6.07, 6.45) is 0. The fourth-order valence-electron chi connectivity index (χ4n) is 3.35. The average Bonchev–Trinajstić information content (AvgIpc) is 3.41. The van der Waals surface area contributed by atoms with Crippen LogP contribution in [0.3, 0.4) is 0 Å². The molecule has 5 rings (SSSR count). The minimum atomic E-state index is 0.788. The van der Waals surface area contributed by atoms with Crippen LogP contribution >= 0.6 is 22.9 Å². The molecule has 2 aromatic carbocycles. The molecule has 26 heavy (non-hydrogen) atoms. The zero-order chi connectivity index (χ0) is 17.5. The average molecular weight is 379 g/mol. The van der Waals surface area contributed by atoms with Crippen molar-refractivity contribution in [2.45, 2.75) is 0 Å². The third-order valence-corrected chi connectivity index (χ3v) is 5.79. The summed E-state index contributed by atoms with van der Waals surface area (Å²) >= 11 is 7.71. The maximum absolute atomic E-state index is 6.21. The maximum Gasteiger partial charge on any atom is 0.136 e. The largest absolute Gasteiger partial charge is 0.456 e. The Morgan fingerprint density at radius 1 is 0.962 bits per heavy atom. The Bertz CT molecular complexity index is 1140. The Kier molecular flexibility index (Phi) is 3.80. The Morgan fingerprint density at radius 3 is 2.58 bits per heavy atom. The second-order valence-electron chi connectivity index (χ2n) is 6.13. The lowest BCUT2D eigenvalue weighted by Crippen LogP contribution is -2.20. The van der Waals surface area contributed by atoms with Crippen LogP contribution in [0.25, 0.3) is 32.7 Å². The number of rotatable bonds is 3. The van der Waals surface area contributed by atoms with Crippen LogP contribution < -0.4 is 5.32 Å². The van der Waals surface area contributed by atoms with Crippen molar-refractivity contribution in [1.82, 2.24) is 5.32 Å². The van der Waals surface area contributed by atoms with E-state index < -0.39 is 0 Å². The molecule has 0 amide bonds. The van der Waals surface area contributed by atoms with Crippen molar-refractivity contribution < 1.29 is 4.42 Å². The normalized spacial score (nSPS) is 13.8. The molecule has 1 N–H and O–H groups in total. The first-order valence-electron chi connectivity index (χ1n) is 8.46. The van der Waals surface area contributed by atoms with E-state index in [1.807, 2.05) is 30.3 Å². The molecule has 5 heteroatoms. The van der Waals surface area contributed by atoms with E-state index in [2.05, 4.69) is 40.6 Å². The molecule has 0 bridgehead atoms. The fraction of sp³-hybridized carbons (Fsp3) is 0.0952. The van der Waals surface area contributed by atoms with E-state index >= 15 is 0 Å².